The molecule has 0 radical (unpaired) electrons. The van der Waals surface area contributed by atoms with Crippen molar-refractivity contribution < 1.29 is 9.59 Å². The summed E-state index contributed by atoms with van der Waals surface area (Å²) in [4.78, 5) is 36.9. The van der Waals surface area contributed by atoms with E-state index in [1.54, 1.807) is 40.8 Å². The molecular formula is C24H24N6O2S. The molecule has 1 aliphatic heterocycles. The van der Waals surface area contributed by atoms with E-state index in [4.69, 9.17) is 0 Å². The highest BCUT2D eigenvalue weighted by Gasteiger charge is 2.31. The minimum absolute atomic E-state index is 0. The van der Waals surface area contributed by atoms with Gasteiger partial charge in [-0.1, -0.05) is 43.8 Å². The van der Waals surface area contributed by atoms with E-state index in [1.807, 2.05) is 48.5 Å². The lowest BCUT2D eigenvalue weighted by atomic mass is 10.1. The number of benzene rings is 2. The maximum Gasteiger partial charge on any atom is 0.291 e. The number of aromatic nitrogens is 4. The summed E-state index contributed by atoms with van der Waals surface area (Å²) in [6.45, 7) is 0.513. The molecule has 0 saturated carbocycles. The molecule has 168 valence electrons. The molecule has 2 aromatic carbocycles. The molecule has 0 fully saturated rings. The van der Waals surface area contributed by atoms with Crippen LogP contribution in [0, 0.1) is 0 Å². The number of rotatable bonds is 4. The summed E-state index contributed by atoms with van der Waals surface area (Å²) in [7, 11) is 1.74. The average molecular weight is 461 g/mol. The van der Waals surface area contributed by atoms with E-state index in [0.29, 0.717) is 12.3 Å². The lowest BCUT2D eigenvalue weighted by Crippen LogP contribution is -2.48. The van der Waals surface area contributed by atoms with Crippen LogP contribution in [0.1, 0.15) is 23.6 Å². The van der Waals surface area contributed by atoms with Gasteiger partial charge in [-0.3, -0.25) is 14.6 Å². The Kier molecular flexibility index (Phi) is 6.41. The molecule has 9 heteroatoms. The fourth-order valence-electron chi connectivity index (χ4n) is 3.75. The van der Waals surface area contributed by atoms with Crippen LogP contribution in [0.25, 0.3) is 10.8 Å². The van der Waals surface area contributed by atoms with E-state index in [0.717, 1.165) is 26.9 Å². The molecule has 1 atom stereocenters. The summed E-state index contributed by atoms with van der Waals surface area (Å²) in [6.07, 6.45) is 5.01. The number of nitrogens with zero attached hydrogens (tertiary/aromatic N) is 5. The number of anilines is 1. The third-order valence-electron chi connectivity index (χ3n) is 5.36. The van der Waals surface area contributed by atoms with Crippen molar-refractivity contribution in [1.82, 2.24) is 25.1 Å². The lowest BCUT2D eigenvalue weighted by molar-refractivity contribution is -0.119. The standard InChI is InChI=1S/C23H20N6O2S.CH4/c1-28-20-17-9-10-24-11-16(17)7-8-19(20)32-13-18(23(28)31)26-22(30)21-25-14-29(27-21)12-15-5-3-2-4-6-15;/h2-11,14,18H,12-13H2,1H3,(H,26,30);1H4/t18-;/m0./s1. The van der Waals surface area contributed by atoms with Crippen molar-refractivity contribution in [2.45, 2.75) is 24.9 Å². The highest BCUT2D eigenvalue weighted by atomic mass is 32.2. The van der Waals surface area contributed by atoms with Gasteiger partial charge in [0.1, 0.15) is 12.4 Å². The number of likely N-dealkylation sites (N-methyl/N-ethyl adjacent to an activating group) is 1. The molecule has 0 bridgehead atoms. The van der Waals surface area contributed by atoms with E-state index in [9.17, 15) is 9.59 Å². The maximum atomic E-state index is 13.2. The Hall–Kier alpha value is -3.72. The van der Waals surface area contributed by atoms with Crippen molar-refractivity contribution >= 4 is 40.0 Å². The molecule has 33 heavy (non-hydrogen) atoms. The van der Waals surface area contributed by atoms with Crippen LogP contribution in [0.15, 0.2) is 72.1 Å². The van der Waals surface area contributed by atoms with Gasteiger partial charge in [-0.05, 0) is 17.7 Å². The fourth-order valence-corrected chi connectivity index (χ4v) is 4.87. The molecule has 3 heterocycles. The summed E-state index contributed by atoms with van der Waals surface area (Å²) in [5, 5.41) is 9.00. The quantitative estimate of drug-likeness (QED) is 0.502. The van der Waals surface area contributed by atoms with Gasteiger partial charge in [0, 0.05) is 40.9 Å². The Morgan fingerprint density at radius 3 is 2.82 bits per heavy atom. The van der Waals surface area contributed by atoms with Gasteiger partial charge in [-0.2, -0.15) is 0 Å². The summed E-state index contributed by atoms with van der Waals surface area (Å²) in [5.74, 6) is -0.190. The number of fused-ring (bicyclic) bond motifs is 3. The van der Waals surface area contributed by atoms with Gasteiger partial charge in [-0.15, -0.1) is 16.9 Å². The molecule has 0 aliphatic carbocycles. The normalized spacial score (nSPS) is 15.5. The van der Waals surface area contributed by atoms with Crippen LogP contribution < -0.4 is 10.2 Å². The third kappa shape index (κ3) is 4.45. The molecule has 1 N–H and O–H groups in total. The number of hydrogen-bond donors (Lipinski definition) is 1. The van der Waals surface area contributed by atoms with Gasteiger partial charge in [0.25, 0.3) is 5.91 Å². The summed E-state index contributed by atoms with van der Waals surface area (Å²) in [6, 6.07) is 15.0. The molecule has 2 aromatic heterocycles. The number of thioether (sulfide) groups is 1. The minimum atomic E-state index is -0.692. The molecule has 1 aliphatic rings. The monoisotopic (exact) mass is 460 g/mol. The van der Waals surface area contributed by atoms with Gasteiger partial charge in [0.05, 0.1) is 12.2 Å². The number of hydrogen-bond acceptors (Lipinski definition) is 6. The SMILES string of the molecule is C.CN1C(=O)[C@@H](NC(=O)c2ncn(Cc3ccccc3)n2)CSc2ccc3cnccc3c21. The summed E-state index contributed by atoms with van der Waals surface area (Å²) < 4.78 is 1.61. The van der Waals surface area contributed by atoms with Crippen LogP contribution in [-0.4, -0.2) is 50.4 Å². The van der Waals surface area contributed by atoms with E-state index in [-0.39, 0.29) is 19.2 Å². The highest BCUT2D eigenvalue weighted by Crippen LogP contribution is 2.39. The van der Waals surface area contributed by atoms with Gasteiger partial charge >= 0.3 is 0 Å². The first-order valence-corrected chi connectivity index (χ1v) is 11.1. The van der Waals surface area contributed by atoms with Crippen LogP contribution in [0.5, 0.6) is 0 Å². The molecule has 4 aromatic rings. The number of pyridine rings is 1. The highest BCUT2D eigenvalue weighted by molar-refractivity contribution is 7.99. The van der Waals surface area contributed by atoms with Crippen molar-refractivity contribution in [2.75, 3.05) is 17.7 Å². The zero-order chi connectivity index (χ0) is 22.1. The Labute approximate surface area is 196 Å². The van der Waals surface area contributed by atoms with Gasteiger partial charge in [0.2, 0.25) is 11.7 Å². The first kappa shape index (κ1) is 22.5. The first-order chi connectivity index (χ1) is 15.6. The molecule has 0 unspecified atom stereocenters. The largest absolute Gasteiger partial charge is 0.337 e. The Morgan fingerprint density at radius 1 is 1.18 bits per heavy atom. The van der Waals surface area contributed by atoms with Crippen LogP contribution in [0.4, 0.5) is 5.69 Å². The van der Waals surface area contributed by atoms with Crippen LogP contribution >= 0.6 is 11.8 Å². The van der Waals surface area contributed by atoms with Crippen LogP contribution in [0.2, 0.25) is 0 Å². The second-order valence-corrected chi connectivity index (χ2v) is 8.56. The smallest absolute Gasteiger partial charge is 0.291 e. The second-order valence-electron chi connectivity index (χ2n) is 7.49. The Balaban J connectivity index is 0.00000259. The molecular weight excluding hydrogens is 436 g/mol. The van der Waals surface area contributed by atoms with Crippen molar-refractivity contribution in [2.24, 2.45) is 0 Å². The number of carbonyl (C=O) groups is 2. The van der Waals surface area contributed by atoms with Crippen molar-refractivity contribution in [3.8, 4) is 0 Å². The van der Waals surface area contributed by atoms with E-state index in [2.05, 4.69) is 20.4 Å². The Bertz CT molecular complexity index is 1310. The van der Waals surface area contributed by atoms with Gasteiger partial charge in [0.15, 0.2) is 0 Å². The maximum absolute atomic E-state index is 13.2. The predicted octanol–water partition coefficient (Wildman–Crippen LogP) is 3.38. The van der Waals surface area contributed by atoms with Crippen molar-refractivity contribution in [3.05, 3.63) is 78.6 Å². The Morgan fingerprint density at radius 2 is 2.00 bits per heavy atom. The van der Waals surface area contributed by atoms with Gasteiger partial charge in [-0.25, -0.2) is 9.67 Å². The molecule has 0 spiro atoms. The first-order valence-electron chi connectivity index (χ1n) is 10.1. The number of amides is 2. The summed E-state index contributed by atoms with van der Waals surface area (Å²) >= 11 is 1.54. The minimum Gasteiger partial charge on any atom is -0.337 e. The van der Waals surface area contributed by atoms with Crippen LogP contribution in [-0.2, 0) is 11.3 Å². The predicted molar refractivity (Wildman–Crippen MR) is 129 cm³/mol. The molecule has 8 nitrogen and oxygen atoms in total. The number of nitrogens with one attached hydrogen (secondary N) is 1. The van der Waals surface area contributed by atoms with E-state index in [1.165, 1.54) is 6.33 Å². The molecule has 2 amide bonds. The zero-order valence-corrected chi connectivity index (χ0v) is 18.1. The fraction of sp³-hybridized carbons (Fsp3) is 0.208. The zero-order valence-electron chi connectivity index (χ0n) is 17.3. The van der Waals surface area contributed by atoms with E-state index >= 15 is 0 Å². The average Bonchev–Trinajstić information content (AvgIpc) is 3.25. The summed E-state index contributed by atoms with van der Waals surface area (Å²) in [5.41, 5.74) is 1.89. The van der Waals surface area contributed by atoms with Crippen LogP contribution in [0.3, 0.4) is 0 Å². The molecule has 5 rings (SSSR count). The molecule has 0 saturated heterocycles. The van der Waals surface area contributed by atoms with Crippen molar-refractivity contribution in [3.63, 3.8) is 0 Å². The van der Waals surface area contributed by atoms with Gasteiger partial charge < -0.3 is 10.2 Å². The van der Waals surface area contributed by atoms with Crippen molar-refractivity contribution in [1.29, 1.82) is 0 Å². The third-order valence-corrected chi connectivity index (χ3v) is 6.50. The second kappa shape index (κ2) is 9.41. The van der Waals surface area contributed by atoms with E-state index < -0.39 is 11.9 Å². The lowest BCUT2D eigenvalue weighted by Gasteiger charge is -2.22. The topological polar surface area (TPSA) is 93.0 Å². The number of carbonyl (C=O) groups excluding carboxylic acids is 2.